The smallest absolute Gasteiger partial charge is 0.311 e. The third-order valence-corrected chi connectivity index (χ3v) is 19.6. The molecule has 0 spiro atoms. The van der Waals surface area contributed by atoms with Crippen molar-refractivity contribution in [1.82, 2.24) is 30.2 Å². The topological polar surface area (TPSA) is 233 Å². The number of rotatable bonds is 40. The van der Waals surface area contributed by atoms with E-state index in [9.17, 15) is 0 Å². The molecule has 1 unspecified atom stereocenters. The first-order chi connectivity index (χ1) is 27.1. The van der Waals surface area contributed by atoms with Crippen molar-refractivity contribution in [2.24, 2.45) is 34.4 Å². The Labute approximate surface area is 361 Å². The third kappa shape index (κ3) is 38.9. The lowest BCUT2D eigenvalue weighted by molar-refractivity contribution is 0.116. The van der Waals surface area contributed by atoms with E-state index in [-0.39, 0.29) is 7.43 Å². The number of epoxide rings is 1. The van der Waals surface area contributed by atoms with E-state index in [1.54, 1.807) is 0 Å². The maximum absolute atomic E-state index is 6.45. The minimum Gasteiger partial charge on any atom is -0.437 e. The van der Waals surface area contributed by atoms with Gasteiger partial charge in [0.25, 0.3) is 0 Å². The van der Waals surface area contributed by atoms with E-state index >= 15 is 0 Å². The summed E-state index contributed by atoms with van der Waals surface area (Å²) in [5.41, 5.74) is 34.4. The first-order valence-corrected chi connectivity index (χ1v) is 31.6. The molecule has 1 fully saturated rings. The summed E-state index contributed by atoms with van der Waals surface area (Å²) in [6.07, 6.45) is 4.91. The van der Waals surface area contributed by atoms with Gasteiger partial charge < -0.3 is 67.6 Å². The van der Waals surface area contributed by atoms with Crippen molar-refractivity contribution in [2.75, 3.05) is 164 Å². The molecule has 0 aromatic carbocycles. The first kappa shape index (κ1) is 60.1. The van der Waals surface area contributed by atoms with Crippen LogP contribution in [0.25, 0.3) is 0 Å². The number of nitrogens with one attached hydrogen (secondary N) is 2. The van der Waals surface area contributed by atoms with E-state index in [2.05, 4.69) is 76.1 Å². The van der Waals surface area contributed by atoms with Gasteiger partial charge in [-0.05, 0) is 84.2 Å². The highest BCUT2D eigenvalue weighted by atomic mass is 28.5. The van der Waals surface area contributed by atoms with Gasteiger partial charge >= 0.3 is 8.56 Å². The predicted octanol–water partition coefficient (Wildman–Crippen LogP) is 0.499. The Morgan fingerprint density at radius 3 is 1.40 bits per heavy atom. The third-order valence-electron chi connectivity index (χ3n) is 9.41. The molecule has 1 heterocycles. The van der Waals surface area contributed by atoms with Crippen LogP contribution in [0.3, 0.4) is 0 Å². The monoisotopic (exact) mass is 885 g/mol. The molecule has 19 heteroatoms. The van der Waals surface area contributed by atoms with Crippen LogP contribution in [0.1, 0.15) is 33.1 Å². The summed E-state index contributed by atoms with van der Waals surface area (Å²) in [6.45, 7) is 37.8. The Balaban J connectivity index is 0. The van der Waals surface area contributed by atoms with E-state index in [1.165, 1.54) is 12.8 Å². The molecule has 14 N–H and O–H groups in total. The summed E-state index contributed by atoms with van der Waals surface area (Å²) in [5.74, 6) is 0. The molecule has 0 amide bonds. The fourth-order valence-electron chi connectivity index (χ4n) is 6.81. The molecule has 352 valence electrons. The van der Waals surface area contributed by atoms with E-state index < -0.39 is 25.2 Å². The van der Waals surface area contributed by atoms with Crippen LogP contribution >= 0.6 is 0 Å². The van der Waals surface area contributed by atoms with Crippen LogP contribution in [-0.4, -0.2) is 215 Å². The minimum absolute atomic E-state index is 0. The Morgan fingerprint density at radius 2 is 0.966 bits per heavy atom. The number of hydrogen-bond acceptors (Lipinski definition) is 16. The molecule has 16 nitrogen and oxygen atoms in total. The normalized spacial score (nSPS) is 14.7. The molecule has 0 aromatic rings. The van der Waals surface area contributed by atoms with Crippen LogP contribution in [0.5, 0.6) is 0 Å². The van der Waals surface area contributed by atoms with Crippen LogP contribution in [0, 0.1) is 0 Å². The van der Waals surface area contributed by atoms with Gasteiger partial charge in [0, 0.05) is 138 Å². The van der Waals surface area contributed by atoms with Crippen molar-refractivity contribution in [3.8, 4) is 0 Å². The summed E-state index contributed by atoms with van der Waals surface area (Å²) < 4.78 is 23.4. The lowest BCUT2D eigenvalue weighted by Gasteiger charge is -2.37. The molecule has 1 rings (SSSR count). The van der Waals surface area contributed by atoms with Crippen LogP contribution in [-0.2, 0) is 17.7 Å². The molecule has 0 saturated carbocycles. The second-order valence-electron chi connectivity index (χ2n) is 17.3. The molecular formula is C39H100N12O4Si3. The SMILES string of the molecule is C.C[Si](C)(C)O[Si](C)(C)O[Si](C)(C)CCCOCC1CO1.NCCCCCN(CCN(CCN)CCN)CCN(CCNCCN)CCNCCN(CCN)CCN. The van der Waals surface area contributed by atoms with Crippen molar-refractivity contribution in [3.63, 3.8) is 0 Å². The number of hydrogen-bond donors (Lipinski definition) is 8. The van der Waals surface area contributed by atoms with E-state index in [0.29, 0.717) is 38.8 Å². The summed E-state index contributed by atoms with van der Waals surface area (Å²) in [4.78, 5) is 9.85. The van der Waals surface area contributed by atoms with Gasteiger partial charge in [-0.1, -0.05) is 13.8 Å². The van der Waals surface area contributed by atoms with Gasteiger partial charge in [-0.25, -0.2) is 0 Å². The Kier molecular flexibility index (Phi) is 38.9. The number of nitrogens with zero attached hydrogens (tertiary/aromatic N) is 4. The summed E-state index contributed by atoms with van der Waals surface area (Å²) in [7, 11) is -5.16. The van der Waals surface area contributed by atoms with Gasteiger partial charge in [0.1, 0.15) is 6.10 Å². The fourth-order valence-corrected chi connectivity index (χ4v) is 20.0. The zero-order valence-electron chi connectivity index (χ0n) is 38.2. The van der Waals surface area contributed by atoms with Gasteiger partial charge in [0.2, 0.25) is 0 Å². The molecule has 58 heavy (non-hydrogen) atoms. The molecule has 0 aromatic heterocycles. The lowest BCUT2D eigenvalue weighted by Crippen LogP contribution is -2.51. The van der Waals surface area contributed by atoms with Crippen molar-refractivity contribution >= 4 is 25.2 Å². The van der Waals surface area contributed by atoms with Crippen LogP contribution in [0.2, 0.25) is 51.9 Å². The van der Waals surface area contributed by atoms with E-state index in [0.717, 1.165) is 150 Å². The van der Waals surface area contributed by atoms with Crippen LogP contribution < -0.4 is 45.0 Å². The average Bonchev–Trinajstić information content (AvgIpc) is 3.95. The minimum atomic E-state index is -1.99. The summed E-state index contributed by atoms with van der Waals surface area (Å²) in [5, 5.41) is 7.05. The van der Waals surface area contributed by atoms with Crippen molar-refractivity contribution < 1.29 is 17.7 Å². The molecule has 1 aliphatic rings. The van der Waals surface area contributed by atoms with Gasteiger partial charge in [-0.2, -0.15) is 0 Å². The molecule has 1 saturated heterocycles. The molecule has 0 aliphatic carbocycles. The maximum atomic E-state index is 6.45. The van der Waals surface area contributed by atoms with Gasteiger partial charge in [-0.3, -0.25) is 14.7 Å². The highest BCUT2D eigenvalue weighted by Gasteiger charge is 2.37. The molecule has 1 atom stereocenters. The zero-order chi connectivity index (χ0) is 42.8. The average molecular weight is 886 g/mol. The number of unbranched alkanes of at least 4 members (excludes halogenated alkanes) is 2. The van der Waals surface area contributed by atoms with E-state index in [4.69, 9.17) is 52.1 Å². The number of nitrogens with two attached hydrogens (primary N) is 6. The largest absolute Gasteiger partial charge is 0.437 e. The standard InChI is InChI=1S/C25H64N12.C13H32O4Si3.CH4/c26-4-2-1-3-14-34(22-24-36(17-8-30)18-9-31)23-25-37(20-11-32-10-5-27)21-13-33-12-19-35(15-6-28)16-7-29;1-18(2,3)16-20(6,7)17-19(4,5)10-8-9-14-11-13-12-15-13;/h32-33H,1-31H2;13H,8-12H2,1-7H3;1H4. The molecule has 1 aliphatic heterocycles. The summed E-state index contributed by atoms with van der Waals surface area (Å²) in [6, 6.07) is 1.13. The lowest BCUT2D eigenvalue weighted by atomic mass is 10.2. The quantitative estimate of drug-likeness (QED) is 0.0238. The van der Waals surface area contributed by atoms with Crippen molar-refractivity contribution in [2.45, 2.75) is 91.1 Å². The van der Waals surface area contributed by atoms with E-state index in [1.807, 2.05) is 0 Å². The number of ether oxygens (including phenoxy) is 2. The van der Waals surface area contributed by atoms with Crippen LogP contribution in [0.15, 0.2) is 0 Å². The fraction of sp³-hybridized carbons (Fsp3) is 1.00. The second-order valence-corrected chi connectivity index (χ2v) is 29.9. The Morgan fingerprint density at radius 1 is 0.517 bits per heavy atom. The molecular weight excluding hydrogens is 785 g/mol. The first-order valence-electron chi connectivity index (χ1n) is 22.2. The Bertz CT molecular complexity index is 887. The van der Waals surface area contributed by atoms with Gasteiger partial charge in [0.05, 0.1) is 13.2 Å². The maximum Gasteiger partial charge on any atom is 0.311 e. The molecule has 0 radical (unpaired) electrons. The second kappa shape index (κ2) is 37.6. The van der Waals surface area contributed by atoms with Gasteiger partial charge in [-0.15, -0.1) is 0 Å². The highest BCUT2D eigenvalue weighted by Crippen LogP contribution is 2.23. The summed E-state index contributed by atoms with van der Waals surface area (Å²) >= 11 is 0. The van der Waals surface area contributed by atoms with Crippen LogP contribution in [0.4, 0.5) is 0 Å². The van der Waals surface area contributed by atoms with Gasteiger partial charge in [0.15, 0.2) is 16.6 Å². The zero-order valence-corrected chi connectivity index (χ0v) is 41.2. The highest BCUT2D eigenvalue weighted by molar-refractivity contribution is 6.87. The van der Waals surface area contributed by atoms with Crippen molar-refractivity contribution in [1.29, 1.82) is 0 Å². The van der Waals surface area contributed by atoms with Crippen molar-refractivity contribution in [3.05, 3.63) is 0 Å². The Hall–Kier alpha value is 0.0106. The predicted molar refractivity (Wildman–Crippen MR) is 257 cm³/mol. The molecule has 0 bridgehead atoms.